The van der Waals surface area contributed by atoms with Crippen LogP contribution < -0.4 is 10.1 Å². The van der Waals surface area contributed by atoms with Gasteiger partial charge in [0.15, 0.2) is 11.0 Å². The largest absolute Gasteiger partial charge is 0.486 e. The monoisotopic (exact) mass is 484 g/mol. The van der Waals surface area contributed by atoms with Gasteiger partial charge >= 0.3 is 0 Å². The van der Waals surface area contributed by atoms with Gasteiger partial charge in [-0.3, -0.25) is 4.79 Å². The Hall–Kier alpha value is -1.93. The minimum Gasteiger partial charge on any atom is -0.486 e. The highest BCUT2D eigenvalue weighted by Crippen LogP contribution is 2.26. The predicted octanol–water partition coefficient (Wildman–Crippen LogP) is 5.32. The molecule has 30 heavy (non-hydrogen) atoms. The fourth-order valence-corrected chi connectivity index (χ4v) is 4.06. The van der Waals surface area contributed by atoms with E-state index in [9.17, 15) is 4.79 Å². The summed E-state index contributed by atoms with van der Waals surface area (Å²) in [5.74, 6) is 1.39. The molecule has 0 fully saturated rings. The number of hydrogen-bond donors (Lipinski definition) is 1. The fourth-order valence-electron chi connectivity index (χ4n) is 2.62. The van der Waals surface area contributed by atoms with Gasteiger partial charge in [0.25, 0.3) is 0 Å². The summed E-state index contributed by atoms with van der Waals surface area (Å²) in [7, 11) is 1.83. The minimum atomic E-state index is -0.245. The van der Waals surface area contributed by atoms with E-state index in [4.69, 9.17) is 39.5 Å². The Morgan fingerprint density at radius 3 is 2.53 bits per heavy atom. The lowest BCUT2D eigenvalue weighted by atomic mass is 10.1. The Bertz CT molecular complexity index is 1030. The Morgan fingerprint density at radius 2 is 1.83 bits per heavy atom. The highest BCUT2D eigenvalue weighted by molar-refractivity contribution is 7.99. The summed E-state index contributed by atoms with van der Waals surface area (Å²) in [5, 5.41) is 13.5. The van der Waals surface area contributed by atoms with Crippen LogP contribution in [0.3, 0.4) is 0 Å². The number of amides is 1. The van der Waals surface area contributed by atoms with Crippen molar-refractivity contribution in [2.24, 2.45) is 7.05 Å². The van der Waals surface area contributed by atoms with Crippen LogP contribution >= 0.6 is 46.6 Å². The zero-order chi connectivity index (χ0) is 21.7. The van der Waals surface area contributed by atoms with Crippen LogP contribution in [-0.2, 0) is 18.4 Å². The van der Waals surface area contributed by atoms with Gasteiger partial charge in [-0.2, -0.15) is 0 Å². The van der Waals surface area contributed by atoms with Gasteiger partial charge in [-0.1, -0.05) is 52.6 Å². The fraction of sp³-hybridized carbons (Fsp3) is 0.250. The summed E-state index contributed by atoms with van der Waals surface area (Å²) in [4.78, 5) is 12.3. The number of carbonyl (C=O) groups is 1. The molecule has 10 heteroatoms. The van der Waals surface area contributed by atoms with Crippen LogP contribution in [0.2, 0.25) is 15.1 Å². The molecule has 0 saturated heterocycles. The number of hydrogen-bond acceptors (Lipinski definition) is 5. The molecule has 0 saturated carbocycles. The van der Waals surface area contributed by atoms with E-state index in [1.54, 1.807) is 47.0 Å². The molecule has 0 aliphatic heterocycles. The number of benzene rings is 2. The van der Waals surface area contributed by atoms with Crippen LogP contribution in [0, 0.1) is 0 Å². The molecule has 0 bridgehead atoms. The lowest BCUT2D eigenvalue weighted by molar-refractivity contribution is -0.119. The van der Waals surface area contributed by atoms with E-state index >= 15 is 0 Å². The third-order valence-corrected chi connectivity index (χ3v) is 6.08. The smallest absolute Gasteiger partial charge is 0.230 e. The normalized spacial score (nSPS) is 11.9. The Morgan fingerprint density at radius 1 is 1.13 bits per heavy atom. The molecule has 1 heterocycles. The molecule has 158 valence electrons. The lowest BCUT2D eigenvalue weighted by Crippen LogP contribution is -2.28. The van der Waals surface area contributed by atoms with Gasteiger partial charge in [0, 0.05) is 22.1 Å². The van der Waals surface area contributed by atoms with Crippen LogP contribution in [0.5, 0.6) is 5.75 Å². The maximum atomic E-state index is 12.3. The van der Waals surface area contributed by atoms with Crippen molar-refractivity contribution in [1.29, 1.82) is 0 Å². The molecule has 1 N–H and O–H groups in total. The van der Waals surface area contributed by atoms with Crippen molar-refractivity contribution in [1.82, 2.24) is 20.1 Å². The Kier molecular flexibility index (Phi) is 7.88. The summed E-state index contributed by atoms with van der Waals surface area (Å²) in [6, 6.07) is 12.0. The molecule has 0 aliphatic rings. The molecule has 6 nitrogen and oxygen atoms in total. The standard InChI is InChI=1S/C20H19Cl3N4O2S/c1-12(16-8-5-14(22)9-17(16)23)24-19(28)11-30-20-26-25-18(27(20)2)10-29-15-6-3-13(21)4-7-15/h3-9,12H,10-11H2,1-2H3,(H,24,28). The predicted molar refractivity (Wildman–Crippen MR) is 121 cm³/mol. The van der Waals surface area contributed by atoms with Gasteiger partial charge in [0.2, 0.25) is 5.91 Å². The van der Waals surface area contributed by atoms with Crippen LogP contribution in [-0.4, -0.2) is 26.4 Å². The number of rotatable bonds is 8. The number of nitrogens with one attached hydrogen (secondary N) is 1. The summed E-state index contributed by atoms with van der Waals surface area (Å²) in [6.07, 6.45) is 0. The third-order valence-electron chi connectivity index (χ3n) is 4.25. The average Bonchev–Trinajstić information content (AvgIpc) is 3.05. The van der Waals surface area contributed by atoms with Crippen molar-refractivity contribution < 1.29 is 9.53 Å². The number of thioether (sulfide) groups is 1. The second-order valence-electron chi connectivity index (χ2n) is 6.44. The van der Waals surface area contributed by atoms with Gasteiger partial charge in [-0.05, 0) is 48.9 Å². The molecular formula is C20H19Cl3N4O2S. The lowest BCUT2D eigenvalue weighted by Gasteiger charge is -2.15. The maximum absolute atomic E-state index is 12.3. The molecule has 1 atom stereocenters. The van der Waals surface area contributed by atoms with Gasteiger partial charge in [-0.25, -0.2) is 0 Å². The highest BCUT2D eigenvalue weighted by atomic mass is 35.5. The van der Waals surface area contributed by atoms with Crippen molar-refractivity contribution in [2.75, 3.05) is 5.75 Å². The van der Waals surface area contributed by atoms with Crippen molar-refractivity contribution in [3.8, 4) is 5.75 Å². The molecular weight excluding hydrogens is 467 g/mol. The van der Waals surface area contributed by atoms with E-state index < -0.39 is 0 Å². The Labute approximate surface area is 193 Å². The molecule has 0 spiro atoms. The number of nitrogens with zero attached hydrogens (tertiary/aromatic N) is 3. The zero-order valence-corrected chi connectivity index (χ0v) is 19.3. The number of aromatic nitrogens is 3. The first-order valence-corrected chi connectivity index (χ1v) is 11.1. The van der Waals surface area contributed by atoms with Crippen molar-refractivity contribution in [3.05, 3.63) is 68.9 Å². The Balaban J connectivity index is 1.51. The highest BCUT2D eigenvalue weighted by Gasteiger charge is 2.15. The van der Waals surface area contributed by atoms with Crippen LogP contribution in [0.25, 0.3) is 0 Å². The summed E-state index contributed by atoms with van der Waals surface area (Å²) in [6.45, 7) is 2.12. The van der Waals surface area contributed by atoms with E-state index in [0.717, 1.165) is 5.56 Å². The van der Waals surface area contributed by atoms with E-state index in [2.05, 4.69) is 15.5 Å². The van der Waals surface area contributed by atoms with Crippen molar-refractivity contribution in [3.63, 3.8) is 0 Å². The third kappa shape index (κ3) is 6.04. The summed E-state index contributed by atoms with van der Waals surface area (Å²) in [5.41, 5.74) is 0.805. The molecule has 0 aliphatic carbocycles. The molecule has 1 aromatic heterocycles. The van der Waals surface area contributed by atoms with Crippen molar-refractivity contribution >= 4 is 52.5 Å². The quantitative estimate of drug-likeness (QED) is 0.437. The van der Waals surface area contributed by atoms with E-state index in [-0.39, 0.29) is 24.3 Å². The van der Waals surface area contributed by atoms with E-state index in [1.165, 1.54) is 11.8 Å². The zero-order valence-electron chi connectivity index (χ0n) is 16.2. The van der Waals surface area contributed by atoms with Gasteiger partial charge in [0.1, 0.15) is 12.4 Å². The van der Waals surface area contributed by atoms with Crippen molar-refractivity contribution in [2.45, 2.75) is 24.7 Å². The van der Waals surface area contributed by atoms with Crippen LogP contribution in [0.4, 0.5) is 0 Å². The summed E-state index contributed by atoms with van der Waals surface area (Å²) >= 11 is 19.3. The second kappa shape index (κ2) is 10.4. The first kappa shape index (κ1) is 22.7. The van der Waals surface area contributed by atoms with Crippen LogP contribution in [0.1, 0.15) is 24.4 Å². The number of halogens is 3. The first-order chi connectivity index (χ1) is 14.3. The molecule has 3 rings (SSSR count). The second-order valence-corrected chi connectivity index (χ2v) is 8.67. The average molecular weight is 486 g/mol. The minimum absolute atomic E-state index is 0.138. The van der Waals surface area contributed by atoms with E-state index in [1.807, 2.05) is 14.0 Å². The van der Waals surface area contributed by atoms with E-state index in [0.29, 0.717) is 31.8 Å². The van der Waals surface area contributed by atoms with Gasteiger partial charge in [0.05, 0.1) is 11.8 Å². The molecule has 2 aromatic carbocycles. The van der Waals surface area contributed by atoms with Gasteiger partial charge < -0.3 is 14.6 Å². The van der Waals surface area contributed by atoms with Gasteiger partial charge in [-0.15, -0.1) is 10.2 Å². The molecule has 1 amide bonds. The maximum Gasteiger partial charge on any atom is 0.230 e. The van der Waals surface area contributed by atoms with Crippen LogP contribution in [0.15, 0.2) is 47.6 Å². The molecule has 3 aromatic rings. The molecule has 0 radical (unpaired) electrons. The number of ether oxygens (including phenoxy) is 1. The topological polar surface area (TPSA) is 69.0 Å². The summed E-state index contributed by atoms with van der Waals surface area (Å²) < 4.78 is 7.49. The first-order valence-electron chi connectivity index (χ1n) is 8.97. The number of carbonyl (C=O) groups excluding carboxylic acids is 1. The molecule has 1 unspecified atom stereocenters. The SMILES string of the molecule is CC(NC(=O)CSc1nnc(COc2ccc(Cl)cc2)n1C)c1ccc(Cl)cc1Cl.